The van der Waals surface area contributed by atoms with Gasteiger partial charge >= 0.3 is 0 Å². The van der Waals surface area contributed by atoms with E-state index < -0.39 is 10.0 Å². The van der Waals surface area contributed by atoms with Gasteiger partial charge in [-0.25, -0.2) is 8.42 Å². The summed E-state index contributed by atoms with van der Waals surface area (Å²) in [5.41, 5.74) is 7.30. The molecule has 1 aromatic rings. The number of hydrogen-bond donors (Lipinski definition) is 0. The third-order valence-electron chi connectivity index (χ3n) is 7.28. The van der Waals surface area contributed by atoms with Gasteiger partial charge in [0.15, 0.2) is 0 Å². The van der Waals surface area contributed by atoms with Gasteiger partial charge in [0.1, 0.15) is 0 Å². The van der Waals surface area contributed by atoms with Crippen LogP contribution in [-0.2, 0) is 10.0 Å². The monoisotopic (exact) mass is 369 g/mol. The summed E-state index contributed by atoms with van der Waals surface area (Å²) in [6.07, 6.45) is 4.80. The van der Waals surface area contributed by atoms with Crippen molar-refractivity contribution in [2.24, 2.45) is 17.3 Å². The number of aryl methyl sites for hydroxylation is 1. The van der Waals surface area contributed by atoms with E-state index in [2.05, 4.69) is 13.8 Å². The summed E-state index contributed by atoms with van der Waals surface area (Å²) in [6.45, 7) is 7.78. The van der Waals surface area contributed by atoms with E-state index in [0.717, 1.165) is 24.3 Å². The molecule has 1 aromatic carbocycles. The third-order valence-corrected chi connectivity index (χ3v) is 9.09. The average Bonchev–Trinajstić information content (AvgIpc) is 3.36. The lowest BCUT2D eigenvalue weighted by Gasteiger charge is -2.53. The lowest BCUT2D eigenvalue weighted by atomic mass is 9.50. The van der Waals surface area contributed by atoms with Gasteiger partial charge in [0.2, 0.25) is 10.0 Å². The van der Waals surface area contributed by atoms with E-state index in [1.165, 1.54) is 29.6 Å². The van der Waals surface area contributed by atoms with Crippen molar-refractivity contribution in [2.75, 3.05) is 13.1 Å². The van der Waals surface area contributed by atoms with Crippen LogP contribution in [0.15, 0.2) is 51.5 Å². The predicted molar refractivity (Wildman–Crippen MR) is 103 cm³/mol. The molecule has 1 aliphatic heterocycles. The average molecular weight is 370 g/mol. The molecule has 4 aliphatic rings. The largest absolute Gasteiger partial charge is 0.243 e. The molecule has 1 saturated heterocycles. The zero-order valence-electron chi connectivity index (χ0n) is 15.9. The van der Waals surface area contributed by atoms with E-state index in [1.54, 1.807) is 22.0 Å². The molecule has 3 aliphatic carbocycles. The summed E-state index contributed by atoms with van der Waals surface area (Å²) in [5, 5.41) is 0. The van der Waals surface area contributed by atoms with Crippen LogP contribution in [0.25, 0.3) is 0 Å². The van der Waals surface area contributed by atoms with Crippen molar-refractivity contribution in [3.63, 3.8) is 0 Å². The van der Waals surface area contributed by atoms with E-state index in [9.17, 15) is 8.42 Å². The predicted octanol–water partition coefficient (Wildman–Crippen LogP) is 4.45. The number of sulfonamides is 1. The number of nitrogens with zero attached hydrogens (tertiary/aromatic N) is 1. The highest BCUT2D eigenvalue weighted by molar-refractivity contribution is 7.89. The Morgan fingerprint density at radius 2 is 1.73 bits per heavy atom. The van der Waals surface area contributed by atoms with Crippen LogP contribution in [0, 0.1) is 24.2 Å². The molecule has 1 heterocycles. The van der Waals surface area contributed by atoms with Crippen LogP contribution in [-0.4, -0.2) is 25.8 Å². The SMILES string of the molecule is CC1=C(C)CC23CN(S(=O)(=O)c4ccc(C)cc4)CC2=C(C2CC2)C3C1. The van der Waals surface area contributed by atoms with Crippen molar-refractivity contribution in [1.29, 1.82) is 0 Å². The summed E-state index contributed by atoms with van der Waals surface area (Å²) in [5.74, 6) is 1.34. The van der Waals surface area contributed by atoms with Crippen LogP contribution in [0.2, 0.25) is 0 Å². The van der Waals surface area contributed by atoms with Crippen molar-refractivity contribution in [2.45, 2.75) is 51.3 Å². The van der Waals surface area contributed by atoms with E-state index in [1.807, 2.05) is 19.1 Å². The Kier molecular flexibility index (Phi) is 3.43. The summed E-state index contributed by atoms with van der Waals surface area (Å²) < 4.78 is 28.3. The van der Waals surface area contributed by atoms with Crippen molar-refractivity contribution >= 4 is 10.0 Å². The van der Waals surface area contributed by atoms with Gasteiger partial charge in [-0.3, -0.25) is 0 Å². The maximum Gasteiger partial charge on any atom is 0.243 e. The maximum absolute atomic E-state index is 13.3. The maximum atomic E-state index is 13.3. The molecule has 0 N–H and O–H groups in total. The first kappa shape index (κ1) is 16.8. The summed E-state index contributed by atoms with van der Waals surface area (Å²) in [7, 11) is -3.41. The Bertz CT molecular complexity index is 950. The molecule has 0 amide bonds. The number of allylic oxidation sites excluding steroid dienone is 3. The lowest BCUT2D eigenvalue weighted by Crippen LogP contribution is -2.47. The van der Waals surface area contributed by atoms with Crippen LogP contribution >= 0.6 is 0 Å². The van der Waals surface area contributed by atoms with Gasteiger partial charge in [-0.15, -0.1) is 0 Å². The zero-order valence-corrected chi connectivity index (χ0v) is 16.7. The fourth-order valence-electron chi connectivity index (χ4n) is 5.58. The molecule has 4 heteroatoms. The van der Waals surface area contributed by atoms with Crippen molar-refractivity contribution in [1.82, 2.24) is 4.31 Å². The number of benzene rings is 1. The van der Waals surface area contributed by atoms with E-state index in [-0.39, 0.29) is 5.41 Å². The number of hydrogen-bond acceptors (Lipinski definition) is 2. The standard InChI is InChI=1S/C22H27NO2S/c1-14-4-8-18(9-5-14)26(24,25)23-12-20-21(17-6-7-17)19-10-15(2)16(3)11-22(19,20)13-23/h4-5,8-9,17,19H,6-7,10-13H2,1-3H3. The van der Waals surface area contributed by atoms with Gasteiger partial charge in [-0.1, -0.05) is 34.4 Å². The zero-order chi connectivity index (χ0) is 18.3. The van der Waals surface area contributed by atoms with Crippen molar-refractivity contribution in [3.05, 3.63) is 52.1 Å². The molecule has 2 fully saturated rings. The van der Waals surface area contributed by atoms with Crippen LogP contribution < -0.4 is 0 Å². The molecular formula is C22H27NO2S. The fourth-order valence-corrected chi connectivity index (χ4v) is 7.06. The Labute approximate surface area is 156 Å². The summed E-state index contributed by atoms with van der Waals surface area (Å²) >= 11 is 0. The molecule has 1 saturated carbocycles. The molecule has 26 heavy (non-hydrogen) atoms. The molecule has 1 spiro atoms. The van der Waals surface area contributed by atoms with Gasteiger partial charge < -0.3 is 0 Å². The summed E-state index contributed by atoms with van der Waals surface area (Å²) in [4.78, 5) is 0.435. The second-order valence-electron chi connectivity index (χ2n) is 8.94. The molecule has 0 aromatic heterocycles. The van der Waals surface area contributed by atoms with Gasteiger partial charge in [-0.05, 0) is 76.0 Å². The first-order chi connectivity index (χ1) is 12.3. The van der Waals surface area contributed by atoms with Crippen LogP contribution in [0.1, 0.15) is 45.1 Å². The molecule has 2 unspecified atom stereocenters. The molecular weight excluding hydrogens is 342 g/mol. The highest BCUT2D eigenvalue weighted by atomic mass is 32.2. The van der Waals surface area contributed by atoms with Crippen molar-refractivity contribution in [3.8, 4) is 0 Å². The summed E-state index contributed by atoms with van der Waals surface area (Å²) in [6, 6.07) is 7.30. The van der Waals surface area contributed by atoms with Gasteiger partial charge in [0.25, 0.3) is 0 Å². The molecule has 0 bridgehead atoms. The van der Waals surface area contributed by atoms with Gasteiger partial charge in [0.05, 0.1) is 4.90 Å². The van der Waals surface area contributed by atoms with Gasteiger partial charge in [0, 0.05) is 18.5 Å². The van der Waals surface area contributed by atoms with Crippen LogP contribution in [0.5, 0.6) is 0 Å². The Morgan fingerprint density at radius 3 is 2.38 bits per heavy atom. The van der Waals surface area contributed by atoms with Crippen LogP contribution in [0.3, 0.4) is 0 Å². The minimum absolute atomic E-state index is 0.0965. The second-order valence-corrected chi connectivity index (χ2v) is 10.9. The van der Waals surface area contributed by atoms with Crippen LogP contribution in [0.4, 0.5) is 0 Å². The first-order valence-corrected chi connectivity index (χ1v) is 11.2. The number of rotatable bonds is 3. The normalized spacial score (nSPS) is 31.7. The molecule has 138 valence electrons. The minimum Gasteiger partial charge on any atom is -0.207 e. The minimum atomic E-state index is -3.41. The molecule has 2 atom stereocenters. The topological polar surface area (TPSA) is 37.4 Å². The highest BCUT2D eigenvalue weighted by Crippen LogP contribution is 2.67. The quantitative estimate of drug-likeness (QED) is 0.738. The Morgan fingerprint density at radius 1 is 1.04 bits per heavy atom. The van der Waals surface area contributed by atoms with E-state index in [0.29, 0.717) is 23.9 Å². The Balaban J connectivity index is 1.53. The smallest absolute Gasteiger partial charge is 0.207 e. The van der Waals surface area contributed by atoms with E-state index >= 15 is 0 Å². The molecule has 3 nitrogen and oxygen atoms in total. The first-order valence-electron chi connectivity index (χ1n) is 9.78. The lowest BCUT2D eigenvalue weighted by molar-refractivity contribution is 0.178. The Hall–Kier alpha value is -1.39. The third kappa shape index (κ3) is 2.18. The van der Waals surface area contributed by atoms with E-state index in [4.69, 9.17) is 0 Å². The fraction of sp³-hybridized carbons (Fsp3) is 0.545. The molecule has 0 radical (unpaired) electrons. The van der Waals surface area contributed by atoms with Gasteiger partial charge in [-0.2, -0.15) is 4.31 Å². The highest BCUT2D eigenvalue weighted by Gasteiger charge is 2.62. The second kappa shape index (κ2) is 5.32. The van der Waals surface area contributed by atoms with Crippen molar-refractivity contribution < 1.29 is 8.42 Å². The molecule has 5 rings (SSSR count).